The van der Waals surface area contributed by atoms with E-state index in [2.05, 4.69) is 25.8 Å². The molecular formula is C26H30BN5O5. The van der Waals surface area contributed by atoms with Crippen LogP contribution >= 0.6 is 0 Å². The van der Waals surface area contributed by atoms with E-state index in [0.717, 1.165) is 5.56 Å². The molecule has 0 bridgehead atoms. The van der Waals surface area contributed by atoms with Crippen molar-refractivity contribution in [2.24, 2.45) is 11.1 Å². The van der Waals surface area contributed by atoms with Crippen LogP contribution in [0.5, 0.6) is 0 Å². The molecule has 2 heterocycles. The number of fused-ring (bicyclic) bond motifs is 1. The van der Waals surface area contributed by atoms with Crippen LogP contribution in [-0.4, -0.2) is 62.7 Å². The van der Waals surface area contributed by atoms with Gasteiger partial charge in [-0.25, -0.2) is 4.98 Å². The minimum atomic E-state index is -1.72. The summed E-state index contributed by atoms with van der Waals surface area (Å²) in [6.07, 6.45) is 2.12. The molecule has 10 nitrogen and oxygen atoms in total. The highest BCUT2D eigenvalue weighted by Crippen LogP contribution is 2.29. The monoisotopic (exact) mass is 503 g/mol. The summed E-state index contributed by atoms with van der Waals surface area (Å²) in [6, 6.07) is 16.6. The van der Waals surface area contributed by atoms with Crippen LogP contribution in [0.25, 0.3) is 11.0 Å². The van der Waals surface area contributed by atoms with Gasteiger partial charge in [0.2, 0.25) is 5.60 Å². The third-order valence-corrected chi connectivity index (χ3v) is 6.12. The predicted octanol–water partition coefficient (Wildman–Crippen LogP) is 1.66. The van der Waals surface area contributed by atoms with Gasteiger partial charge in [0, 0.05) is 12.8 Å². The second-order valence-corrected chi connectivity index (χ2v) is 9.63. The normalized spacial score (nSPS) is 17.7. The van der Waals surface area contributed by atoms with Crippen molar-refractivity contribution < 1.29 is 24.5 Å². The molecule has 0 fully saturated rings. The first-order valence-corrected chi connectivity index (χ1v) is 12.2. The third kappa shape index (κ3) is 6.49. The lowest BCUT2D eigenvalue weighted by Gasteiger charge is -2.29. The highest BCUT2D eigenvalue weighted by molar-refractivity contribution is 6.43. The van der Waals surface area contributed by atoms with E-state index in [1.807, 2.05) is 62.4 Å². The van der Waals surface area contributed by atoms with Gasteiger partial charge in [-0.2, -0.15) is 0 Å². The van der Waals surface area contributed by atoms with Gasteiger partial charge in [-0.05, 0) is 30.0 Å². The summed E-state index contributed by atoms with van der Waals surface area (Å²) in [5.74, 6) is -1.66. The Kier molecular flexibility index (Phi) is 8.15. The van der Waals surface area contributed by atoms with Crippen LogP contribution in [0.4, 0.5) is 0 Å². The third-order valence-electron chi connectivity index (χ3n) is 6.12. The number of oxime groups is 1. The topological polar surface area (TPSA) is 146 Å². The van der Waals surface area contributed by atoms with Crippen molar-refractivity contribution >= 4 is 35.7 Å². The molecule has 0 saturated heterocycles. The average Bonchev–Trinajstić information content (AvgIpc) is 3.30. The zero-order valence-corrected chi connectivity index (χ0v) is 20.8. The number of carbonyl (C=O) groups excluding carboxylic acids is 2. The lowest BCUT2D eigenvalue weighted by Crippen LogP contribution is -2.56. The highest BCUT2D eigenvalue weighted by Gasteiger charge is 2.48. The summed E-state index contributed by atoms with van der Waals surface area (Å²) in [5, 5.41) is 29.2. The highest BCUT2D eigenvalue weighted by atomic mass is 16.7. The molecule has 2 atom stereocenters. The van der Waals surface area contributed by atoms with Gasteiger partial charge < -0.3 is 25.5 Å². The van der Waals surface area contributed by atoms with Gasteiger partial charge in [-0.15, -0.1) is 0 Å². The quantitative estimate of drug-likeness (QED) is 0.308. The Labute approximate surface area is 215 Å². The van der Waals surface area contributed by atoms with Crippen molar-refractivity contribution in [2.45, 2.75) is 44.7 Å². The molecule has 192 valence electrons. The number of benzene rings is 2. The fraction of sp³-hybridized carbons (Fsp3) is 0.346. The Hall–Kier alpha value is -3.83. The van der Waals surface area contributed by atoms with E-state index < -0.39 is 30.5 Å². The molecule has 1 aromatic heterocycles. The van der Waals surface area contributed by atoms with E-state index in [1.54, 1.807) is 6.07 Å². The summed E-state index contributed by atoms with van der Waals surface area (Å²) in [5.41, 5.74) is 1.40. The number of hydrogen-bond acceptors (Lipinski definition) is 8. The number of nitrogens with zero attached hydrogens (tertiary/aromatic N) is 3. The maximum atomic E-state index is 13.5. The van der Waals surface area contributed by atoms with E-state index in [9.17, 15) is 19.6 Å². The Morgan fingerprint density at radius 3 is 2.49 bits per heavy atom. The van der Waals surface area contributed by atoms with Crippen LogP contribution in [0.1, 0.15) is 42.7 Å². The number of para-hydroxylation sites is 2. The van der Waals surface area contributed by atoms with E-state index in [-0.39, 0.29) is 31.0 Å². The van der Waals surface area contributed by atoms with Crippen molar-refractivity contribution in [1.29, 1.82) is 0 Å². The van der Waals surface area contributed by atoms with Crippen LogP contribution in [0, 0.1) is 5.92 Å². The summed E-state index contributed by atoms with van der Waals surface area (Å²) >= 11 is 0. The number of carbonyl (C=O) groups is 2. The molecule has 1 aliphatic rings. The second kappa shape index (κ2) is 11.5. The molecule has 0 saturated carbocycles. The molecule has 2 aromatic carbocycles. The molecule has 1 aliphatic heterocycles. The van der Waals surface area contributed by atoms with Crippen LogP contribution in [0.15, 0.2) is 65.9 Å². The molecule has 2 unspecified atom stereocenters. The lowest BCUT2D eigenvalue weighted by atomic mass is 9.74. The van der Waals surface area contributed by atoms with Gasteiger partial charge in [0.25, 0.3) is 11.8 Å². The van der Waals surface area contributed by atoms with Gasteiger partial charge >= 0.3 is 7.12 Å². The lowest BCUT2D eigenvalue weighted by molar-refractivity contribution is -0.144. The number of rotatable bonds is 10. The molecule has 11 heteroatoms. The fourth-order valence-electron chi connectivity index (χ4n) is 4.27. The van der Waals surface area contributed by atoms with Crippen molar-refractivity contribution in [3.8, 4) is 0 Å². The Morgan fingerprint density at radius 1 is 1.08 bits per heavy atom. The zero-order valence-electron chi connectivity index (χ0n) is 20.8. The van der Waals surface area contributed by atoms with Crippen molar-refractivity contribution in [3.63, 3.8) is 0 Å². The smallest absolute Gasteiger partial charge is 0.426 e. The van der Waals surface area contributed by atoms with Crippen LogP contribution in [-0.2, 0) is 16.1 Å². The average molecular weight is 503 g/mol. The first kappa shape index (κ1) is 26.2. The summed E-state index contributed by atoms with van der Waals surface area (Å²) in [4.78, 5) is 40.5. The molecule has 0 aliphatic carbocycles. The van der Waals surface area contributed by atoms with Gasteiger partial charge in [0.15, 0.2) is 0 Å². The van der Waals surface area contributed by atoms with Crippen molar-refractivity contribution in [2.75, 3.05) is 6.54 Å². The SMILES string of the molecule is CC(C)CC(NC(=O)C1(Cc2ccccc2)CC(CNC(=O)c2cnc3ccccc3n2)=NO1)B(O)O. The van der Waals surface area contributed by atoms with E-state index in [1.165, 1.54) is 6.20 Å². The van der Waals surface area contributed by atoms with Gasteiger partial charge in [0.1, 0.15) is 5.69 Å². The molecule has 2 amide bonds. The molecule has 4 N–H and O–H groups in total. The maximum absolute atomic E-state index is 13.5. The minimum Gasteiger partial charge on any atom is -0.426 e. The molecule has 4 rings (SSSR count). The molecule has 0 radical (unpaired) electrons. The number of nitrogens with one attached hydrogen (secondary N) is 2. The molecule has 0 spiro atoms. The Morgan fingerprint density at radius 2 is 1.78 bits per heavy atom. The zero-order chi connectivity index (χ0) is 26.4. The van der Waals surface area contributed by atoms with E-state index in [0.29, 0.717) is 23.2 Å². The standard InChI is InChI=1S/C26H30BN5O5/c1-17(2)12-23(27(35)36)31-25(34)26(13-18-8-4-3-5-9-18)14-19(32-37-26)15-29-24(33)22-16-28-20-10-6-7-11-21(20)30-22/h3-11,16-17,23,35-36H,12-15H2,1-2H3,(H,29,33)(H,31,34). The Bertz CT molecular complexity index is 1290. The summed E-state index contributed by atoms with van der Waals surface area (Å²) in [6.45, 7) is 3.91. The van der Waals surface area contributed by atoms with Gasteiger partial charge in [-0.3, -0.25) is 14.6 Å². The van der Waals surface area contributed by atoms with E-state index in [4.69, 9.17) is 4.84 Å². The molecule has 37 heavy (non-hydrogen) atoms. The van der Waals surface area contributed by atoms with Crippen LogP contribution in [0.2, 0.25) is 0 Å². The number of amides is 2. The van der Waals surface area contributed by atoms with Crippen molar-refractivity contribution in [1.82, 2.24) is 20.6 Å². The maximum Gasteiger partial charge on any atom is 0.475 e. The van der Waals surface area contributed by atoms with Crippen LogP contribution < -0.4 is 10.6 Å². The summed E-state index contributed by atoms with van der Waals surface area (Å²) in [7, 11) is -1.72. The van der Waals surface area contributed by atoms with Crippen molar-refractivity contribution in [3.05, 3.63) is 72.1 Å². The fourth-order valence-corrected chi connectivity index (χ4v) is 4.27. The number of hydrogen-bond donors (Lipinski definition) is 4. The largest absolute Gasteiger partial charge is 0.475 e. The van der Waals surface area contributed by atoms with Crippen LogP contribution in [0.3, 0.4) is 0 Å². The predicted molar refractivity (Wildman–Crippen MR) is 139 cm³/mol. The second-order valence-electron chi connectivity index (χ2n) is 9.63. The number of aromatic nitrogens is 2. The first-order chi connectivity index (χ1) is 17.8. The first-order valence-electron chi connectivity index (χ1n) is 12.2. The molecular weight excluding hydrogens is 473 g/mol. The molecule has 3 aromatic rings. The van der Waals surface area contributed by atoms with Gasteiger partial charge in [0.05, 0.1) is 35.4 Å². The van der Waals surface area contributed by atoms with Gasteiger partial charge in [-0.1, -0.05) is 61.5 Å². The minimum absolute atomic E-state index is 0.0508. The Balaban J connectivity index is 1.46. The summed E-state index contributed by atoms with van der Waals surface area (Å²) < 4.78 is 0. The van der Waals surface area contributed by atoms with E-state index >= 15 is 0 Å².